The minimum Gasteiger partial charge on any atom is -0.507 e. The predicted octanol–water partition coefficient (Wildman–Crippen LogP) is 4.71. The van der Waals surface area contributed by atoms with Crippen molar-refractivity contribution >= 4 is 50.1 Å². The van der Waals surface area contributed by atoms with Gasteiger partial charge < -0.3 is 9.52 Å². The molecule has 0 radical (unpaired) electrons. The summed E-state index contributed by atoms with van der Waals surface area (Å²) in [5.41, 5.74) is 3.88. The minimum absolute atomic E-state index is 0.0310. The molecule has 1 amide bonds. The van der Waals surface area contributed by atoms with Crippen LogP contribution in [0.2, 0.25) is 5.02 Å². The maximum Gasteiger partial charge on any atom is 0.307 e. The number of furan rings is 1. The van der Waals surface area contributed by atoms with Gasteiger partial charge in [-0.2, -0.15) is 5.10 Å². The summed E-state index contributed by atoms with van der Waals surface area (Å²) in [7, 11) is 0. The van der Waals surface area contributed by atoms with Crippen LogP contribution in [-0.4, -0.2) is 16.7 Å². The van der Waals surface area contributed by atoms with Crippen LogP contribution >= 0.6 is 27.5 Å². The van der Waals surface area contributed by atoms with E-state index in [2.05, 4.69) is 26.5 Å². The number of hydrogen-bond donors (Lipinski definition) is 2. The Morgan fingerprint density at radius 3 is 2.83 bits per heavy atom. The number of rotatable bonds is 3. The number of hydrazone groups is 1. The molecule has 3 aromatic rings. The van der Waals surface area contributed by atoms with Gasteiger partial charge in [-0.05, 0) is 49.4 Å². The molecule has 122 valence electrons. The summed E-state index contributed by atoms with van der Waals surface area (Å²) in [6.45, 7) is 1.65. The molecule has 0 aliphatic heterocycles. The van der Waals surface area contributed by atoms with Gasteiger partial charge in [0, 0.05) is 20.4 Å². The van der Waals surface area contributed by atoms with Crippen molar-refractivity contribution in [3.05, 3.63) is 63.3 Å². The molecule has 0 aliphatic carbocycles. The zero-order chi connectivity index (χ0) is 17.3. The summed E-state index contributed by atoms with van der Waals surface area (Å²) < 4.78 is 6.39. The number of fused-ring (bicyclic) bond motifs is 1. The average molecular weight is 408 g/mol. The average Bonchev–Trinajstić information content (AvgIpc) is 2.97. The molecule has 1 heterocycles. The van der Waals surface area contributed by atoms with Crippen LogP contribution in [0.25, 0.3) is 11.0 Å². The Labute approximate surface area is 151 Å². The SMILES string of the molecule is C/C(=N\NC(=O)c1cc2cc(Br)ccc2o1)c1cc(Cl)ccc1O. The van der Waals surface area contributed by atoms with Crippen LogP contribution in [0.4, 0.5) is 0 Å². The van der Waals surface area contributed by atoms with Gasteiger partial charge in [-0.3, -0.25) is 4.79 Å². The molecule has 0 saturated carbocycles. The third kappa shape index (κ3) is 3.44. The van der Waals surface area contributed by atoms with Gasteiger partial charge in [-0.15, -0.1) is 0 Å². The van der Waals surface area contributed by atoms with Gasteiger partial charge in [0.2, 0.25) is 0 Å². The monoisotopic (exact) mass is 406 g/mol. The summed E-state index contributed by atoms with van der Waals surface area (Å²) in [5.74, 6) is -0.304. The number of benzene rings is 2. The Morgan fingerprint density at radius 1 is 1.25 bits per heavy atom. The van der Waals surface area contributed by atoms with E-state index in [0.29, 0.717) is 21.9 Å². The zero-order valence-electron chi connectivity index (χ0n) is 12.5. The Hall–Kier alpha value is -2.31. The molecule has 0 bridgehead atoms. The topological polar surface area (TPSA) is 74.8 Å². The number of phenolic OH excluding ortho intramolecular Hbond substituents is 1. The van der Waals surface area contributed by atoms with Crippen molar-refractivity contribution in [3.63, 3.8) is 0 Å². The molecule has 0 fully saturated rings. The highest BCUT2D eigenvalue weighted by Gasteiger charge is 2.13. The quantitative estimate of drug-likeness (QED) is 0.488. The minimum atomic E-state index is -0.483. The van der Waals surface area contributed by atoms with E-state index in [1.807, 2.05) is 12.1 Å². The van der Waals surface area contributed by atoms with Gasteiger partial charge in [0.25, 0.3) is 0 Å². The Morgan fingerprint density at radius 2 is 2.04 bits per heavy atom. The van der Waals surface area contributed by atoms with Gasteiger partial charge >= 0.3 is 5.91 Å². The van der Waals surface area contributed by atoms with Gasteiger partial charge in [0.05, 0.1) is 5.71 Å². The molecule has 0 unspecified atom stereocenters. The molecule has 7 heteroatoms. The number of amides is 1. The zero-order valence-corrected chi connectivity index (χ0v) is 14.9. The van der Waals surface area contributed by atoms with Crippen LogP contribution in [0.3, 0.4) is 0 Å². The van der Waals surface area contributed by atoms with Crippen LogP contribution in [-0.2, 0) is 0 Å². The van der Waals surface area contributed by atoms with Crippen molar-refractivity contribution in [1.82, 2.24) is 5.43 Å². The number of carbonyl (C=O) groups excluding carboxylic acids is 1. The third-order valence-corrected chi connectivity index (χ3v) is 4.10. The van der Waals surface area contributed by atoms with E-state index in [1.165, 1.54) is 6.07 Å². The normalized spacial score (nSPS) is 11.7. The van der Waals surface area contributed by atoms with Gasteiger partial charge in [0.15, 0.2) is 5.76 Å². The lowest BCUT2D eigenvalue weighted by molar-refractivity contribution is 0.0929. The van der Waals surface area contributed by atoms with E-state index in [9.17, 15) is 9.90 Å². The first kappa shape index (κ1) is 16.5. The molecular weight excluding hydrogens is 396 g/mol. The first-order chi connectivity index (χ1) is 11.4. The van der Waals surface area contributed by atoms with Crippen LogP contribution < -0.4 is 5.43 Å². The fourth-order valence-electron chi connectivity index (χ4n) is 2.17. The highest BCUT2D eigenvalue weighted by Crippen LogP contribution is 2.24. The number of nitrogens with one attached hydrogen (secondary N) is 1. The van der Waals surface area contributed by atoms with E-state index in [0.717, 1.165) is 9.86 Å². The van der Waals surface area contributed by atoms with Crippen molar-refractivity contribution in [1.29, 1.82) is 0 Å². The third-order valence-electron chi connectivity index (χ3n) is 3.38. The first-order valence-corrected chi connectivity index (χ1v) is 8.14. The highest BCUT2D eigenvalue weighted by molar-refractivity contribution is 9.10. The van der Waals surface area contributed by atoms with E-state index in [4.69, 9.17) is 16.0 Å². The van der Waals surface area contributed by atoms with E-state index < -0.39 is 5.91 Å². The lowest BCUT2D eigenvalue weighted by atomic mass is 10.1. The van der Waals surface area contributed by atoms with Gasteiger partial charge in [-0.25, -0.2) is 5.43 Å². The fourth-order valence-corrected chi connectivity index (χ4v) is 2.73. The van der Waals surface area contributed by atoms with Gasteiger partial charge in [-0.1, -0.05) is 27.5 Å². The second-order valence-corrected chi connectivity index (χ2v) is 6.44. The number of phenols is 1. The second kappa shape index (κ2) is 6.67. The number of aromatic hydroxyl groups is 1. The predicted molar refractivity (Wildman–Crippen MR) is 96.7 cm³/mol. The number of hydrogen-bond acceptors (Lipinski definition) is 4. The molecule has 2 N–H and O–H groups in total. The summed E-state index contributed by atoms with van der Waals surface area (Å²) in [4.78, 5) is 12.2. The first-order valence-electron chi connectivity index (χ1n) is 6.96. The van der Waals surface area contributed by atoms with Crippen molar-refractivity contribution in [3.8, 4) is 5.75 Å². The summed E-state index contributed by atoms with van der Waals surface area (Å²) in [5, 5.41) is 15.1. The summed E-state index contributed by atoms with van der Waals surface area (Å²) in [6, 6.07) is 11.7. The van der Waals surface area contributed by atoms with Crippen LogP contribution in [0.1, 0.15) is 23.0 Å². The van der Waals surface area contributed by atoms with E-state index >= 15 is 0 Å². The van der Waals surface area contributed by atoms with Crippen molar-refractivity contribution in [2.75, 3.05) is 0 Å². The van der Waals surface area contributed by atoms with Crippen molar-refractivity contribution in [2.45, 2.75) is 6.92 Å². The number of halogens is 2. The fraction of sp³-hybridized carbons (Fsp3) is 0.0588. The second-order valence-electron chi connectivity index (χ2n) is 5.09. The largest absolute Gasteiger partial charge is 0.507 e. The molecule has 0 aliphatic rings. The van der Waals surface area contributed by atoms with Crippen LogP contribution in [0.15, 0.2) is 56.5 Å². The standard InChI is InChI=1S/C17H12BrClN2O3/c1-9(13-8-12(19)3-4-14(13)22)20-21-17(23)16-7-10-6-11(18)2-5-15(10)24-16/h2-8,22H,1H3,(H,21,23)/b20-9+. The smallest absolute Gasteiger partial charge is 0.307 e. The van der Waals surface area contributed by atoms with Gasteiger partial charge in [0.1, 0.15) is 11.3 Å². The van der Waals surface area contributed by atoms with E-state index in [1.54, 1.807) is 31.2 Å². The Bertz CT molecular complexity index is 966. The molecule has 0 spiro atoms. The van der Waals surface area contributed by atoms with Crippen LogP contribution in [0, 0.1) is 0 Å². The van der Waals surface area contributed by atoms with Crippen molar-refractivity contribution < 1.29 is 14.3 Å². The molecular formula is C17H12BrClN2O3. The molecule has 3 rings (SSSR count). The lowest BCUT2D eigenvalue weighted by Gasteiger charge is -2.05. The number of carbonyl (C=O) groups is 1. The molecule has 5 nitrogen and oxygen atoms in total. The lowest BCUT2D eigenvalue weighted by Crippen LogP contribution is -2.18. The molecule has 2 aromatic carbocycles. The highest BCUT2D eigenvalue weighted by atomic mass is 79.9. The van der Waals surface area contributed by atoms with Crippen LogP contribution in [0.5, 0.6) is 5.75 Å². The molecule has 0 saturated heterocycles. The Balaban J connectivity index is 1.81. The molecule has 0 atom stereocenters. The molecule has 1 aromatic heterocycles. The maximum absolute atomic E-state index is 12.2. The Kier molecular flexibility index (Phi) is 4.59. The maximum atomic E-state index is 12.2. The number of nitrogens with zero attached hydrogens (tertiary/aromatic N) is 1. The van der Waals surface area contributed by atoms with Crippen molar-refractivity contribution in [2.24, 2.45) is 5.10 Å². The molecule has 24 heavy (non-hydrogen) atoms. The van der Waals surface area contributed by atoms with E-state index in [-0.39, 0.29) is 11.5 Å². The summed E-state index contributed by atoms with van der Waals surface area (Å²) >= 11 is 9.27. The summed E-state index contributed by atoms with van der Waals surface area (Å²) in [6.07, 6.45) is 0.